The smallest absolute Gasteiger partial charge is 0.256 e. The van der Waals surface area contributed by atoms with Gasteiger partial charge in [-0.2, -0.15) is 0 Å². The maximum absolute atomic E-state index is 13.0. The summed E-state index contributed by atoms with van der Waals surface area (Å²) in [7, 11) is 3.02. The summed E-state index contributed by atoms with van der Waals surface area (Å²) in [6, 6.07) is 18.0. The molecular formula is C24H21Cl2N3O4. The highest BCUT2D eigenvalue weighted by molar-refractivity contribution is 6.39. The number of hydrogen-bond donors (Lipinski definition) is 2. The fourth-order valence-corrected chi connectivity index (χ4v) is 3.50. The van der Waals surface area contributed by atoms with E-state index >= 15 is 0 Å². The highest BCUT2D eigenvalue weighted by Gasteiger charge is 2.20. The fourth-order valence-electron chi connectivity index (χ4n) is 3.00. The first-order valence-electron chi connectivity index (χ1n) is 9.84. The van der Waals surface area contributed by atoms with Crippen molar-refractivity contribution in [1.82, 2.24) is 4.90 Å². The second kappa shape index (κ2) is 10.8. The summed E-state index contributed by atoms with van der Waals surface area (Å²) in [6.07, 6.45) is 0. The molecule has 170 valence electrons. The van der Waals surface area contributed by atoms with E-state index in [1.807, 2.05) is 0 Å². The Bertz CT molecular complexity index is 1160. The quantitative estimate of drug-likeness (QED) is 0.494. The van der Waals surface area contributed by atoms with Gasteiger partial charge < -0.3 is 20.3 Å². The maximum atomic E-state index is 13.0. The Labute approximate surface area is 201 Å². The van der Waals surface area contributed by atoms with E-state index in [4.69, 9.17) is 27.9 Å². The van der Waals surface area contributed by atoms with Crippen molar-refractivity contribution in [2.24, 2.45) is 0 Å². The van der Waals surface area contributed by atoms with Crippen LogP contribution >= 0.6 is 23.2 Å². The van der Waals surface area contributed by atoms with Gasteiger partial charge in [-0.15, -0.1) is 0 Å². The van der Waals surface area contributed by atoms with Crippen molar-refractivity contribution in [2.45, 2.75) is 0 Å². The van der Waals surface area contributed by atoms with Crippen molar-refractivity contribution in [3.05, 3.63) is 87.9 Å². The van der Waals surface area contributed by atoms with Crippen LogP contribution < -0.4 is 15.4 Å². The van der Waals surface area contributed by atoms with Crippen LogP contribution in [-0.4, -0.2) is 43.3 Å². The van der Waals surface area contributed by atoms with Gasteiger partial charge in [-0.3, -0.25) is 14.4 Å². The normalized spacial score (nSPS) is 10.3. The summed E-state index contributed by atoms with van der Waals surface area (Å²) < 4.78 is 5.10. The van der Waals surface area contributed by atoms with Crippen LogP contribution in [0.15, 0.2) is 66.7 Å². The zero-order chi connectivity index (χ0) is 24.0. The minimum atomic E-state index is -0.472. The Hall–Kier alpha value is -3.55. The number of rotatable bonds is 7. The molecule has 0 saturated heterocycles. The molecule has 3 aromatic rings. The van der Waals surface area contributed by atoms with Crippen LogP contribution in [-0.2, 0) is 4.79 Å². The highest BCUT2D eigenvalue weighted by atomic mass is 35.5. The van der Waals surface area contributed by atoms with Gasteiger partial charge in [0.1, 0.15) is 5.75 Å². The molecule has 9 heteroatoms. The number of amides is 3. The molecule has 0 heterocycles. The van der Waals surface area contributed by atoms with Gasteiger partial charge in [0.2, 0.25) is 5.91 Å². The molecular weight excluding hydrogens is 465 g/mol. The predicted octanol–water partition coefficient (Wildman–Crippen LogP) is 4.97. The molecule has 3 amide bonds. The number of halogens is 2. The number of benzene rings is 3. The average molecular weight is 486 g/mol. The lowest BCUT2D eigenvalue weighted by atomic mass is 10.1. The van der Waals surface area contributed by atoms with Crippen molar-refractivity contribution >= 4 is 52.3 Å². The molecule has 2 N–H and O–H groups in total. The summed E-state index contributed by atoms with van der Waals surface area (Å²) in [5.74, 6) is -0.673. The number of carbonyl (C=O) groups excluding carboxylic acids is 3. The van der Waals surface area contributed by atoms with E-state index in [2.05, 4.69) is 10.6 Å². The molecule has 0 bridgehead atoms. The van der Waals surface area contributed by atoms with Gasteiger partial charge in [0.15, 0.2) is 0 Å². The van der Waals surface area contributed by atoms with E-state index in [0.29, 0.717) is 17.0 Å². The van der Waals surface area contributed by atoms with Crippen molar-refractivity contribution in [3.8, 4) is 5.75 Å². The Morgan fingerprint density at radius 3 is 2.15 bits per heavy atom. The van der Waals surface area contributed by atoms with Gasteiger partial charge in [0, 0.05) is 12.6 Å². The van der Waals surface area contributed by atoms with Gasteiger partial charge in [0.25, 0.3) is 11.8 Å². The third-order valence-electron chi connectivity index (χ3n) is 4.71. The van der Waals surface area contributed by atoms with E-state index in [1.165, 1.54) is 19.1 Å². The van der Waals surface area contributed by atoms with Gasteiger partial charge in [-0.25, -0.2) is 0 Å². The number of carbonyl (C=O) groups is 3. The summed E-state index contributed by atoms with van der Waals surface area (Å²) in [6.45, 7) is -0.249. The summed E-state index contributed by atoms with van der Waals surface area (Å²) in [4.78, 5) is 39.3. The van der Waals surface area contributed by atoms with Crippen molar-refractivity contribution in [3.63, 3.8) is 0 Å². The van der Waals surface area contributed by atoms with E-state index < -0.39 is 11.8 Å². The van der Waals surface area contributed by atoms with Crippen LogP contribution in [0.1, 0.15) is 20.7 Å². The first-order chi connectivity index (χ1) is 15.8. The summed E-state index contributed by atoms with van der Waals surface area (Å²) >= 11 is 12.2. The maximum Gasteiger partial charge on any atom is 0.256 e. The van der Waals surface area contributed by atoms with Gasteiger partial charge in [-0.05, 0) is 48.5 Å². The van der Waals surface area contributed by atoms with E-state index in [1.54, 1.807) is 66.7 Å². The largest absolute Gasteiger partial charge is 0.497 e. The van der Waals surface area contributed by atoms with E-state index in [-0.39, 0.29) is 33.7 Å². The molecule has 0 saturated carbocycles. The summed E-state index contributed by atoms with van der Waals surface area (Å²) in [5, 5.41) is 5.94. The van der Waals surface area contributed by atoms with Gasteiger partial charge in [-0.1, -0.05) is 41.4 Å². The van der Waals surface area contributed by atoms with E-state index in [0.717, 1.165) is 0 Å². The van der Waals surface area contributed by atoms with Crippen LogP contribution in [0.3, 0.4) is 0 Å². The zero-order valence-electron chi connectivity index (χ0n) is 17.9. The lowest BCUT2D eigenvalue weighted by Gasteiger charge is -2.19. The highest BCUT2D eigenvalue weighted by Crippen LogP contribution is 2.29. The zero-order valence-corrected chi connectivity index (χ0v) is 19.4. The minimum Gasteiger partial charge on any atom is -0.497 e. The van der Waals surface area contributed by atoms with Gasteiger partial charge >= 0.3 is 0 Å². The number of para-hydroxylation sites is 2. The third kappa shape index (κ3) is 6.03. The average Bonchev–Trinajstić information content (AvgIpc) is 2.81. The van der Waals surface area contributed by atoms with Crippen LogP contribution in [0, 0.1) is 0 Å². The monoisotopic (exact) mass is 485 g/mol. The molecule has 0 unspecified atom stereocenters. The number of nitrogens with one attached hydrogen (secondary N) is 2. The van der Waals surface area contributed by atoms with Crippen LogP contribution in [0.25, 0.3) is 0 Å². The molecule has 0 aromatic heterocycles. The second-order valence-electron chi connectivity index (χ2n) is 7.03. The van der Waals surface area contributed by atoms with Crippen LogP contribution in [0.2, 0.25) is 10.0 Å². The number of likely N-dealkylation sites (N-methyl/N-ethyl adjacent to an activating group) is 1. The molecule has 0 fully saturated rings. The molecule has 33 heavy (non-hydrogen) atoms. The molecule has 3 rings (SSSR count). The molecule has 0 spiro atoms. The number of anilines is 2. The molecule has 0 atom stereocenters. The standard InChI is InChI=1S/C24H21Cl2N3O4/c1-29(14-21(30)28-22-18(25)7-5-8-19(22)26)24(32)17-6-3-4-9-20(17)27-23(31)15-10-12-16(33-2)13-11-15/h3-13H,14H2,1-2H3,(H,27,31)(H,28,30). The predicted molar refractivity (Wildman–Crippen MR) is 129 cm³/mol. The summed E-state index contributed by atoms with van der Waals surface area (Å²) in [5.41, 5.74) is 1.25. The number of nitrogens with zero attached hydrogens (tertiary/aromatic N) is 1. The third-order valence-corrected chi connectivity index (χ3v) is 5.34. The SMILES string of the molecule is COc1ccc(C(=O)Nc2ccccc2C(=O)N(C)CC(=O)Nc2c(Cl)cccc2Cl)cc1. The Kier molecular flexibility index (Phi) is 7.92. The number of hydrogen-bond acceptors (Lipinski definition) is 4. The minimum absolute atomic E-state index is 0.241. The van der Waals surface area contributed by atoms with Crippen molar-refractivity contribution in [1.29, 1.82) is 0 Å². The van der Waals surface area contributed by atoms with Crippen molar-refractivity contribution in [2.75, 3.05) is 31.3 Å². The number of ether oxygens (including phenoxy) is 1. The Morgan fingerprint density at radius 2 is 1.52 bits per heavy atom. The van der Waals surface area contributed by atoms with Crippen LogP contribution in [0.5, 0.6) is 5.75 Å². The van der Waals surface area contributed by atoms with Crippen LogP contribution in [0.4, 0.5) is 11.4 Å². The van der Waals surface area contributed by atoms with Crippen molar-refractivity contribution < 1.29 is 19.1 Å². The lowest BCUT2D eigenvalue weighted by Crippen LogP contribution is -2.35. The second-order valence-corrected chi connectivity index (χ2v) is 7.85. The molecule has 0 radical (unpaired) electrons. The first kappa shape index (κ1) is 24.1. The molecule has 0 aliphatic rings. The number of methoxy groups -OCH3 is 1. The molecule has 0 aliphatic carbocycles. The molecule has 0 aliphatic heterocycles. The Balaban J connectivity index is 1.70. The fraction of sp³-hybridized carbons (Fsp3) is 0.125. The molecule has 7 nitrogen and oxygen atoms in total. The topological polar surface area (TPSA) is 87.7 Å². The lowest BCUT2D eigenvalue weighted by molar-refractivity contribution is -0.116. The van der Waals surface area contributed by atoms with E-state index in [9.17, 15) is 14.4 Å². The molecule has 3 aromatic carbocycles. The Morgan fingerprint density at radius 1 is 0.879 bits per heavy atom. The first-order valence-corrected chi connectivity index (χ1v) is 10.6. The van der Waals surface area contributed by atoms with Gasteiger partial charge in [0.05, 0.1) is 40.6 Å².